The standard InChI is InChI=1S/C25H29N3O4/c1-18(2)22(28-25(30)32-17-19-9-4-3-5-10-19)24(29)27-15-8-16-31-21-13-6-11-20-12-7-14-26-23(20)21/h3-7,9-14,18,22H,8,15-17H2,1-2H3,(H,27,29)(H,28,30)/t22-/m0/s1. The fourth-order valence-electron chi connectivity index (χ4n) is 3.20. The van der Waals surface area contributed by atoms with Crippen molar-refractivity contribution in [3.63, 3.8) is 0 Å². The molecule has 0 radical (unpaired) electrons. The molecule has 0 aliphatic carbocycles. The van der Waals surface area contributed by atoms with E-state index in [9.17, 15) is 9.59 Å². The second kappa shape index (κ2) is 11.7. The van der Waals surface area contributed by atoms with Gasteiger partial charge >= 0.3 is 6.09 Å². The number of para-hydroxylation sites is 1. The molecule has 2 N–H and O–H groups in total. The number of aromatic nitrogens is 1. The number of rotatable bonds is 10. The Bertz CT molecular complexity index is 1020. The molecule has 0 saturated heterocycles. The van der Waals surface area contributed by atoms with Crippen LogP contribution in [0.25, 0.3) is 10.9 Å². The Morgan fingerprint density at radius 1 is 1.00 bits per heavy atom. The van der Waals surface area contributed by atoms with E-state index in [-0.39, 0.29) is 18.4 Å². The maximum atomic E-state index is 12.6. The molecule has 1 heterocycles. The van der Waals surface area contributed by atoms with Gasteiger partial charge in [0.05, 0.1) is 6.61 Å². The molecule has 0 aliphatic heterocycles. The summed E-state index contributed by atoms with van der Waals surface area (Å²) in [5, 5.41) is 6.54. The summed E-state index contributed by atoms with van der Waals surface area (Å²) in [4.78, 5) is 29.1. The summed E-state index contributed by atoms with van der Waals surface area (Å²) in [5.74, 6) is 0.387. The lowest BCUT2D eigenvalue weighted by Crippen LogP contribution is -2.50. The van der Waals surface area contributed by atoms with E-state index in [0.717, 1.165) is 22.2 Å². The smallest absolute Gasteiger partial charge is 0.408 e. The SMILES string of the molecule is CC(C)[C@H](NC(=O)OCc1ccccc1)C(=O)NCCCOc1cccc2cccnc12. The number of nitrogens with one attached hydrogen (secondary N) is 2. The largest absolute Gasteiger partial charge is 0.491 e. The summed E-state index contributed by atoms with van der Waals surface area (Å²) in [7, 11) is 0. The van der Waals surface area contributed by atoms with Crippen LogP contribution in [0.5, 0.6) is 5.75 Å². The highest BCUT2D eigenvalue weighted by atomic mass is 16.5. The highest BCUT2D eigenvalue weighted by Crippen LogP contribution is 2.22. The molecule has 2 aromatic carbocycles. The van der Waals surface area contributed by atoms with Crippen molar-refractivity contribution in [3.05, 3.63) is 72.4 Å². The van der Waals surface area contributed by atoms with Gasteiger partial charge in [-0.3, -0.25) is 9.78 Å². The number of carbonyl (C=O) groups is 2. The number of amides is 2. The van der Waals surface area contributed by atoms with Crippen molar-refractivity contribution < 1.29 is 19.1 Å². The van der Waals surface area contributed by atoms with Crippen LogP contribution in [0, 0.1) is 5.92 Å². The summed E-state index contributed by atoms with van der Waals surface area (Å²) in [6, 6.07) is 18.4. The second-order valence-corrected chi connectivity index (χ2v) is 7.75. The Morgan fingerprint density at radius 2 is 1.78 bits per heavy atom. The fourth-order valence-corrected chi connectivity index (χ4v) is 3.20. The zero-order valence-electron chi connectivity index (χ0n) is 18.4. The third-order valence-electron chi connectivity index (χ3n) is 4.91. The number of carbonyl (C=O) groups excluding carboxylic acids is 2. The quantitative estimate of drug-likeness (QED) is 0.469. The first-order chi connectivity index (χ1) is 15.5. The van der Waals surface area contributed by atoms with E-state index < -0.39 is 12.1 Å². The lowest BCUT2D eigenvalue weighted by Gasteiger charge is -2.21. The Morgan fingerprint density at radius 3 is 2.56 bits per heavy atom. The first-order valence-electron chi connectivity index (χ1n) is 10.8. The van der Waals surface area contributed by atoms with E-state index in [1.807, 2.05) is 74.5 Å². The number of fused-ring (bicyclic) bond motifs is 1. The fraction of sp³-hybridized carbons (Fsp3) is 0.320. The van der Waals surface area contributed by atoms with Gasteiger partial charge in [-0.25, -0.2) is 4.79 Å². The van der Waals surface area contributed by atoms with Crippen LogP contribution in [0.1, 0.15) is 25.8 Å². The molecule has 0 aliphatic rings. The van der Waals surface area contributed by atoms with Gasteiger partial charge in [0.2, 0.25) is 5.91 Å². The van der Waals surface area contributed by atoms with Crippen LogP contribution in [0.4, 0.5) is 4.79 Å². The monoisotopic (exact) mass is 435 g/mol. The molecule has 0 spiro atoms. The number of hydrogen-bond donors (Lipinski definition) is 2. The van der Waals surface area contributed by atoms with Crippen molar-refractivity contribution in [3.8, 4) is 5.75 Å². The van der Waals surface area contributed by atoms with Crippen molar-refractivity contribution in [1.82, 2.24) is 15.6 Å². The summed E-state index contributed by atoms with van der Waals surface area (Å²) >= 11 is 0. The van der Waals surface area contributed by atoms with Crippen molar-refractivity contribution in [2.24, 2.45) is 5.92 Å². The number of nitrogens with zero attached hydrogens (tertiary/aromatic N) is 1. The van der Waals surface area contributed by atoms with Gasteiger partial charge < -0.3 is 20.1 Å². The third-order valence-corrected chi connectivity index (χ3v) is 4.91. The van der Waals surface area contributed by atoms with Gasteiger partial charge in [-0.15, -0.1) is 0 Å². The van der Waals surface area contributed by atoms with Crippen LogP contribution in [-0.4, -0.2) is 36.2 Å². The molecule has 0 unspecified atom stereocenters. The zero-order chi connectivity index (χ0) is 22.8. The minimum atomic E-state index is -0.679. The molecule has 3 rings (SSSR count). The Balaban J connectivity index is 1.41. The highest BCUT2D eigenvalue weighted by Gasteiger charge is 2.24. The van der Waals surface area contributed by atoms with Gasteiger partial charge in [0, 0.05) is 18.1 Å². The van der Waals surface area contributed by atoms with Crippen LogP contribution in [-0.2, 0) is 16.1 Å². The van der Waals surface area contributed by atoms with Crippen molar-refractivity contribution in [2.45, 2.75) is 32.9 Å². The maximum Gasteiger partial charge on any atom is 0.408 e. The van der Waals surface area contributed by atoms with Crippen LogP contribution in [0.3, 0.4) is 0 Å². The van der Waals surface area contributed by atoms with Gasteiger partial charge in [0.15, 0.2) is 0 Å². The highest BCUT2D eigenvalue weighted by molar-refractivity contribution is 5.86. The first kappa shape index (κ1) is 23.1. The van der Waals surface area contributed by atoms with Gasteiger partial charge in [-0.05, 0) is 30.0 Å². The van der Waals surface area contributed by atoms with Gasteiger partial charge in [0.1, 0.15) is 23.9 Å². The average Bonchev–Trinajstić information content (AvgIpc) is 2.81. The van der Waals surface area contributed by atoms with E-state index in [0.29, 0.717) is 19.6 Å². The molecule has 0 bridgehead atoms. The molecule has 32 heavy (non-hydrogen) atoms. The average molecular weight is 436 g/mol. The van der Waals surface area contributed by atoms with E-state index in [2.05, 4.69) is 15.6 Å². The Labute approximate surface area is 188 Å². The topological polar surface area (TPSA) is 89.5 Å². The molecule has 0 fully saturated rings. The predicted molar refractivity (Wildman–Crippen MR) is 123 cm³/mol. The minimum absolute atomic E-state index is 0.0858. The van der Waals surface area contributed by atoms with E-state index in [1.165, 1.54) is 0 Å². The number of hydrogen-bond acceptors (Lipinski definition) is 5. The summed E-state index contributed by atoms with van der Waals surface area (Å²) in [6.07, 6.45) is 1.74. The molecule has 2 amide bonds. The van der Waals surface area contributed by atoms with Gasteiger partial charge in [-0.1, -0.05) is 62.4 Å². The molecule has 0 saturated carbocycles. The molecule has 7 nitrogen and oxygen atoms in total. The van der Waals surface area contributed by atoms with Crippen molar-refractivity contribution in [2.75, 3.05) is 13.2 Å². The number of pyridine rings is 1. The van der Waals surface area contributed by atoms with Crippen LogP contribution < -0.4 is 15.4 Å². The lowest BCUT2D eigenvalue weighted by atomic mass is 10.0. The molecule has 168 valence electrons. The molecule has 1 aromatic heterocycles. The van der Waals surface area contributed by atoms with Gasteiger partial charge in [-0.2, -0.15) is 0 Å². The molecule has 7 heteroatoms. The zero-order valence-corrected chi connectivity index (χ0v) is 18.4. The molecule has 3 aromatic rings. The Kier molecular flexibility index (Phi) is 8.43. The van der Waals surface area contributed by atoms with Gasteiger partial charge in [0.25, 0.3) is 0 Å². The maximum absolute atomic E-state index is 12.6. The summed E-state index contributed by atoms with van der Waals surface area (Å²) < 4.78 is 11.1. The molecular weight excluding hydrogens is 406 g/mol. The summed E-state index contributed by atoms with van der Waals surface area (Å²) in [6.45, 7) is 4.77. The Hall–Kier alpha value is -3.61. The molecule has 1 atom stereocenters. The minimum Gasteiger partial charge on any atom is -0.491 e. The van der Waals surface area contributed by atoms with E-state index >= 15 is 0 Å². The van der Waals surface area contributed by atoms with E-state index in [4.69, 9.17) is 9.47 Å². The lowest BCUT2D eigenvalue weighted by molar-refractivity contribution is -0.124. The number of alkyl carbamates (subject to hydrolysis) is 1. The third kappa shape index (κ3) is 6.70. The summed E-state index contributed by atoms with van der Waals surface area (Å²) in [5.41, 5.74) is 1.70. The van der Waals surface area contributed by atoms with Crippen molar-refractivity contribution in [1.29, 1.82) is 0 Å². The van der Waals surface area contributed by atoms with Crippen LogP contribution >= 0.6 is 0 Å². The van der Waals surface area contributed by atoms with Crippen molar-refractivity contribution >= 4 is 22.9 Å². The first-order valence-corrected chi connectivity index (χ1v) is 10.8. The van der Waals surface area contributed by atoms with Crippen LogP contribution in [0.2, 0.25) is 0 Å². The molecular formula is C25H29N3O4. The normalized spacial score (nSPS) is 11.7. The predicted octanol–water partition coefficient (Wildman–Crippen LogP) is 4.07. The van der Waals surface area contributed by atoms with Crippen LogP contribution in [0.15, 0.2) is 66.9 Å². The van der Waals surface area contributed by atoms with E-state index in [1.54, 1.807) is 6.20 Å². The number of ether oxygens (including phenoxy) is 2. The second-order valence-electron chi connectivity index (χ2n) is 7.75. The number of benzene rings is 2.